The minimum absolute atomic E-state index is 0.594. The van der Waals surface area contributed by atoms with Crippen LogP contribution in [-0.4, -0.2) is 49.7 Å². The predicted octanol–water partition coefficient (Wildman–Crippen LogP) is 2.45. The molecular weight excluding hydrogens is 363 g/mol. The van der Waals surface area contributed by atoms with E-state index in [1.807, 2.05) is 34.8 Å². The number of alkyl halides is 3. The summed E-state index contributed by atoms with van der Waals surface area (Å²) >= 11 is 0. The van der Waals surface area contributed by atoms with Crippen LogP contribution in [0, 0.1) is 0 Å². The molecule has 1 fully saturated rings. The monoisotopic (exact) mass is 381 g/mol. The highest BCUT2D eigenvalue weighted by Crippen LogP contribution is 2.28. The molecule has 1 aliphatic rings. The van der Waals surface area contributed by atoms with E-state index in [2.05, 4.69) is 33.8 Å². The second-order valence-corrected chi connectivity index (χ2v) is 6.24. The van der Waals surface area contributed by atoms with E-state index in [1.54, 1.807) is 0 Å². The molecular formula is C17H18F3N5O2. The van der Waals surface area contributed by atoms with Crippen molar-refractivity contribution in [1.29, 1.82) is 0 Å². The Morgan fingerprint density at radius 1 is 1.22 bits per heavy atom. The van der Waals surface area contributed by atoms with Crippen molar-refractivity contribution in [2.24, 2.45) is 7.05 Å². The summed E-state index contributed by atoms with van der Waals surface area (Å²) in [5.74, 6) is -2.16. The second-order valence-electron chi connectivity index (χ2n) is 6.24. The fraction of sp³-hybridized carbons (Fsp3) is 0.353. The smallest absolute Gasteiger partial charge is 0.475 e. The number of pyridine rings is 1. The lowest BCUT2D eigenvalue weighted by atomic mass is 10.00. The van der Waals surface area contributed by atoms with Gasteiger partial charge in [-0.2, -0.15) is 23.4 Å². The van der Waals surface area contributed by atoms with Crippen LogP contribution in [-0.2, 0) is 11.8 Å². The fourth-order valence-corrected chi connectivity index (χ4v) is 2.98. The van der Waals surface area contributed by atoms with Gasteiger partial charge in [0.1, 0.15) is 0 Å². The van der Waals surface area contributed by atoms with Crippen molar-refractivity contribution in [1.82, 2.24) is 24.7 Å². The Bertz CT molecular complexity index is 942. The van der Waals surface area contributed by atoms with Gasteiger partial charge in [-0.15, -0.1) is 0 Å². The van der Waals surface area contributed by atoms with E-state index >= 15 is 0 Å². The van der Waals surface area contributed by atoms with Crippen LogP contribution in [0.5, 0.6) is 0 Å². The summed E-state index contributed by atoms with van der Waals surface area (Å²) in [5.41, 5.74) is 4.83. The molecule has 1 atom stereocenters. The molecule has 1 saturated heterocycles. The third-order valence-electron chi connectivity index (χ3n) is 4.33. The van der Waals surface area contributed by atoms with E-state index in [-0.39, 0.29) is 0 Å². The molecule has 1 aliphatic heterocycles. The quantitative estimate of drug-likeness (QED) is 0.712. The molecule has 7 nitrogen and oxygen atoms in total. The lowest BCUT2D eigenvalue weighted by molar-refractivity contribution is -0.192. The zero-order valence-corrected chi connectivity index (χ0v) is 14.4. The Labute approximate surface area is 152 Å². The van der Waals surface area contributed by atoms with Gasteiger partial charge in [-0.25, -0.2) is 9.31 Å². The number of fused-ring (bicyclic) bond motifs is 1. The van der Waals surface area contributed by atoms with Crippen molar-refractivity contribution in [3.8, 4) is 11.1 Å². The van der Waals surface area contributed by atoms with Gasteiger partial charge < -0.3 is 10.4 Å². The van der Waals surface area contributed by atoms with Gasteiger partial charge in [-0.1, -0.05) is 6.07 Å². The molecule has 0 radical (unpaired) electrons. The number of aliphatic carboxylic acids is 1. The van der Waals surface area contributed by atoms with Gasteiger partial charge in [0, 0.05) is 48.6 Å². The molecule has 0 saturated carbocycles. The number of halogens is 3. The number of hydrogen-bond acceptors (Lipinski definition) is 4. The summed E-state index contributed by atoms with van der Waals surface area (Å²) in [5, 5.41) is 19.3. The molecule has 10 heteroatoms. The van der Waals surface area contributed by atoms with Crippen molar-refractivity contribution in [3.63, 3.8) is 0 Å². The number of rotatable bonds is 2. The van der Waals surface area contributed by atoms with Gasteiger partial charge >= 0.3 is 12.1 Å². The summed E-state index contributed by atoms with van der Waals surface area (Å²) in [6, 6.07) is 4.32. The first-order valence-electron chi connectivity index (χ1n) is 8.23. The maximum Gasteiger partial charge on any atom is 0.490 e. The Hall–Kier alpha value is -2.88. The largest absolute Gasteiger partial charge is 0.490 e. The number of carbonyl (C=O) groups is 1. The zero-order chi connectivity index (χ0) is 19.6. The van der Waals surface area contributed by atoms with Gasteiger partial charge in [-0.05, 0) is 19.0 Å². The molecule has 144 valence electrons. The molecule has 27 heavy (non-hydrogen) atoms. The molecule has 2 N–H and O–H groups in total. The van der Waals surface area contributed by atoms with Crippen LogP contribution in [0.25, 0.3) is 16.6 Å². The van der Waals surface area contributed by atoms with Crippen LogP contribution in [0.15, 0.2) is 36.9 Å². The average Bonchev–Trinajstić information content (AvgIpc) is 3.33. The summed E-state index contributed by atoms with van der Waals surface area (Å²) in [6.07, 6.45) is 4.11. The topological polar surface area (TPSA) is 84.5 Å². The molecule has 4 heterocycles. The Kier molecular flexibility index (Phi) is 5.17. The van der Waals surface area contributed by atoms with Crippen LogP contribution < -0.4 is 5.32 Å². The standard InChI is InChI=1S/C15H17N5.C2HF3O2/c1-19-9-13(7-17-19)12-2-3-15-14(8-18-20(15)10-12)11-4-5-16-6-11;3-2(4,5)1(6)7/h2-3,7-11,16H,4-6H2,1H3;(H,6,7). The van der Waals surface area contributed by atoms with Gasteiger partial charge in [0.2, 0.25) is 0 Å². The molecule has 3 aromatic heterocycles. The molecule has 4 rings (SSSR count). The number of nitrogens with zero attached hydrogens (tertiary/aromatic N) is 4. The highest BCUT2D eigenvalue weighted by atomic mass is 19.4. The summed E-state index contributed by atoms with van der Waals surface area (Å²) in [6.45, 7) is 2.17. The first-order chi connectivity index (χ1) is 12.8. The lowest BCUT2D eigenvalue weighted by Crippen LogP contribution is -2.21. The molecule has 0 spiro atoms. The van der Waals surface area contributed by atoms with Gasteiger partial charge in [-0.3, -0.25) is 4.68 Å². The number of hydrogen-bond donors (Lipinski definition) is 2. The van der Waals surface area contributed by atoms with E-state index in [0.29, 0.717) is 5.92 Å². The predicted molar refractivity (Wildman–Crippen MR) is 91.3 cm³/mol. The first-order valence-corrected chi connectivity index (χ1v) is 8.23. The average molecular weight is 381 g/mol. The summed E-state index contributed by atoms with van der Waals surface area (Å²) in [4.78, 5) is 8.90. The normalized spacial score (nSPS) is 17.0. The number of carboxylic acid groups (broad SMARTS) is 1. The first kappa shape index (κ1) is 18.9. The van der Waals surface area contributed by atoms with Crippen molar-refractivity contribution < 1.29 is 23.1 Å². The van der Waals surface area contributed by atoms with Gasteiger partial charge in [0.05, 0.1) is 17.9 Å². The number of nitrogens with one attached hydrogen (secondary N) is 1. The Morgan fingerprint density at radius 3 is 2.52 bits per heavy atom. The highest BCUT2D eigenvalue weighted by molar-refractivity contribution is 5.73. The van der Waals surface area contributed by atoms with Crippen LogP contribution in [0.2, 0.25) is 0 Å². The van der Waals surface area contributed by atoms with Crippen molar-refractivity contribution >= 4 is 11.5 Å². The van der Waals surface area contributed by atoms with E-state index in [0.717, 1.165) is 24.2 Å². The minimum atomic E-state index is -5.08. The van der Waals surface area contributed by atoms with Crippen molar-refractivity contribution in [2.75, 3.05) is 13.1 Å². The number of aryl methyl sites for hydroxylation is 1. The lowest BCUT2D eigenvalue weighted by Gasteiger charge is -2.06. The molecule has 0 aliphatic carbocycles. The molecule has 1 unspecified atom stereocenters. The van der Waals surface area contributed by atoms with Crippen molar-refractivity contribution in [3.05, 3.63) is 42.5 Å². The highest BCUT2D eigenvalue weighted by Gasteiger charge is 2.38. The van der Waals surface area contributed by atoms with E-state index in [1.165, 1.54) is 17.5 Å². The third kappa shape index (κ3) is 4.27. The number of aromatic nitrogens is 4. The van der Waals surface area contributed by atoms with Gasteiger partial charge in [0.25, 0.3) is 0 Å². The summed E-state index contributed by atoms with van der Waals surface area (Å²) in [7, 11) is 1.93. The van der Waals surface area contributed by atoms with Crippen LogP contribution in [0.4, 0.5) is 13.2 Å². The van der Waals surface area contributed by atoms with E-state index < -0.39 is 12.1 Å². The van der Waals surface area contributed by atoms with Gasteiger partial charge in [0.15, 0.2) is 0 Å². The maximum atomic E-state index is 10.6. The zero-order valence-electron chi connectivity index (χ0n) is 14.4. The van der Waals surface area contributed by atoms with Crippen LogP contribution >= 0.6 is 0 Å². The Balaban J connectivity index is 0.000000260. The van der Waals surface area contributed by atoms with Crippen LogP contribution in [0.3, 0.4) is 0 Å². The third-order valence-corrected chi connectivity index (χ3v) is 4.33. The SMILES string of the molecule is Cn1cc(-c2ccc3c(C4CCNC4)cnn3c2)cn1.O=C(O)C(F)(F)F. The maximum absolute atomic E-state index is 10.6. The molecule has 0 amide bonds. The van der Waals surface area contributed by atoms with Crippen LogP contribution in [0.1, 0.15) is 17.9 Å². The fourth-order valence-electron chi connectivity index (χ4n) is 2.98. The second kappa shape index (κ2) is 7.39. The van der Waals surface area contributed by atoms with E-state index in [4.69, 9.17) is 9.90 Å². The Morgan fingerprint density at radius 2 is 1.96 bits per heavy atom. The molecule has 0 aromatic carbocycles. The van der Waals surface area contributed by atoms with Crippen molar-refractivity contribution in [2.45, 2.75) is 18.5 Å². The van der Waals surface area contributed by atoms with E-state index in [9.17, 15) is 13.2 Å². The molecule has 3 aromatic rings. The molecule has 0 bridgehead atoms. The summed E-state index contributed by atoms with van der Waals surface area (Å²) < 4.78 is 35.5. The minimum Gasteiger partial charge on any atom is -0.475 e. The number of carboxylic acids is 1.